The number of methoxy groups -OCH3 is 1. The molecule has 0 saturated carbocycles. The Morgan fingerprint density at radius 1 is 0.613 bits per heavy atom. The fourth-order valence-corrected chi connectivity index (χ4v) is 7.09. The molecule has 9 heteroatoms. The topological polar surface area (TPSA) is 85.4 Å². The van der Waals surface area contributed by atoms with Crippen molar-refractivity contribution in [1.29, 1.82) is 0 Å². The van der Waals surface area contributed by atoms with E-state index in [-0.39, 0.29) is 24.7 Å². The number of hydrogen-bond donors (Lipinski definition) is 0. The molecule has 0 unspecified atom stereocenters. The van der Waals surface area contributed by atoms with Gasteiger partial charge in [-0.05, 0) is 101 Å². The average Bonchev–Trinajstić information content (AvgIpc) is 3.33. The van der Waals surface area contributed by atoms with Crippen LogP contribution >= 0.6 is 11.9 Å². The molecule has 0 bridgehead atoms. The van der Waals surface area contributed by atoms with Crippen LogP contribution in [0, 0.1) is 6.92 Å². The molecule has 0 atom stereocenters. The number of aryl methyl sites for hydroxylation is 1. The second-order valence-electron chi connectivity index (χ2n) is 14.4. The van der Waals surface area contributed by atoms with E-state index < -0.39 is 5.97 Å². The quantitative estimate of drug-likeness (QED) is 0.0540. The molecule has 0 spiro atoms. The Labute approximate surface area is 368 Å². The van der Waals surface area contributed by atoms with E-state index in [0.717, 1.165) is 51.9 Å². The minimum Gasteiger partial charge on any atom is -0.488 e. The molecule has 1 amide bonds. The summed E-state index contributed by atoms with van der Waals surface area (Å²) in [4.78, 5) is 40.4. The first-order valence-corrected chi connectivity index (χ1v) is 21.1. The minimum atomic E-state index is -0.514. The van der Waals surface area contributed by atoms with Gasteiger partial charge in [0.1, 0.15) is 24.5 Å². The fraction of sp³-hybridized carbons (Fsp3) is 0.151. The van der Waals surface area contributed by atoms with Gasteiger partial charge < -0.3 is 19.1 Å². The molecular formula is C53H50N2O6S. The second kappa shape index (κ2) is 22.6. The number of anilines is 1. The van der Waals surface area contributed by atoms with E-state index in [1.807, 2.05) is 127 Å². The van der Waals surface area contributed by atoms with Crippen molar-refractivity contribution in [3.63, 3.8) is 0 Å². The summed E-state index contributed by atoms with van der Waals surface area (Å²) in [7, 11) is 3.47. The number of benzene rings is 7. The maximum Gasteiger partial charge on any atom is 0.342 e. The summed E-state index contributed by atoms with van der Waals surface area (Å²) in [6.07, 6.45) is 0.769. The largest absolute Gasteiger partial charge is 0.488 e. The van der Waals surface area contributed by atoms with Crippen molar-refractivity contribution in [2.24, 2.45) is 0 Å². The molecule has 0 radical (unpaired) electrons. The molecule has 0 heterocycles. The zero-order valence-electron chi connectivity index (χ0n) is 35.4. The summed E-state index contributed by atoms with van der Waals surface area (Å²) in [6.45, 7) is 6.02. The van der Waals surface area contributed by atoms with Crippen molar-refractivity contribution in [1.82, 2.24) is 4.31 Å². The van der Waals surface area contributed by atoms with Crippen LogP contribution in [0.3, 0.4) is 0 Å². The van der Waals surface area contributed by atoms with Crippen LogP contribution in [-0.2, 0) is 34.0 Å². The molecule has 0 aliphatic rings. The summed E-state index contributed by atoms with van der Waals surface area (Å²) in [5.41, 5.74) is 9.39. The number of nitrogens with zero attached hydrogens (tertiary/aromatic N) is 2. The van der Waals surface area contributed by atoms with Gasteiger partial charge in [-0.1, -0.05) is 146 Å². The van der Waals surface area contributed by atoms with Crippen LogP contribution in [0.4, 0.5) is 5.69 Å². The van der Waals surface area contributed by atoms with E-state index in [4.69, 9.17) is 14.2 Å². The molecule has 7 aromatic rings. The van der Waals surface area contributed by atoms with Gasteiger partial charge >= 0.3 is 11.9 Å². The van der Waals surface area contributed by atoms with Crippen LogP contribution in [0.5, 0.6) is 5.75 Å². The summed E-state index contributed by atoms with van der Waals surface area (Å²) in [6, 6.07) is 56.3. The zero-order chi connectivity index (χ0) is 43.7. The molecule has 0 fully saturated rings. The van der Waals surface area contributed by atoms with Crippen LogP contribution in [0.15, 0.2) is 181 Å². The Balaban J connectivity index is 0.000000462. The lowest BCUT2D eigenvalue weighted by atomic mass is 9.98. The molecule has 0 aliphatic carbocycles. The number of ether oxygens (including phenoxy) is 3. The molecule has 0 N–H and O–H groups in total. The van der Waals surface area contributed by atoms with E-state index in [9.17, 15) is 14.4 Å². The van der Waals surface area contributed by atoms with Gasteiger partial charge in [-0.3, -0.25) is 4.79 Å². The Morgan fingerprint density at radius 2 is 1.21 bits per heavy atom. The van der Waals surface area contributed by atoms with Crippen molar-refractivity contribution in [3.05, 3.63) is 209 Å². The van der Waals surface area contributed by atoms with E-state index >= 15 is 0 Å². The Hall–Kier alpha value is -6.94. The molecule has 7 rings (SSSR count). The van der Waals surface area contributed by atoms with Gasteiger partial charge in [0, 0.05) is 23.2 Å². The first-order valence-electron chi connectivity index (χ1n) is 20.3. The van der Waals surface area contributed by atoms with E-state index in [0.29, 0.717) is 23.5 Å². The van der Waals surface area contributed by atoms with Crippen molar-refractivity contribution in [2.75, 3.05) is 25.6 Å². The molecule has 314 valence electrons. The lowest BCUT2D eigenvalue weighted by molar-refractivity contribution is -0.107. The molecule has 0 saturated heterocycles. The average molecular weight is 843 g/mol. The summed E-state index contributed by atoms with van der Waals surface area (Å²) in [5, 5.41) is 0. The minimum absolute atomic E-state index is 0.130. The lowest BCUT2D eigenvalue weighted by Crippen LogP contribution is -2.20. The molecule has 7 aromatic carbocycles. The zero-order valence-corrected chi connectivity index (χ0v) is 36.2. The SMILES string of the molecule is CCN(C)Sc1ccc(C)cc1.COC(=O)c1cccc(-c2ccc(-c3ccc(CN(C=O)c4ccc(C(=O)OCc5ccccc5)c(OCc5ccccc5)c4)cc3)cc2)c1. The predicted molar refractivity (Wildman–Crippen MR) is 249 cm³/mol. The smallest absolute Gasteiger partial charge is 0.342 e. The van der Waals surface area contributed by atoms with E-state index in [2.05, 4.69) is 49.5 Å². The Kier molecular flexibility index (Phi) is 16.3. The third-order valence-electron chi connectivity index (χ3n) is 9.96. The highest BCUT2D eigenvalue weighted by Gasteiger charge is 2.18. The van der Waals surface area contributed by atoms with Crippen LogP contribution in [-0.4, -0.2) is 43.4 Å². The van der Waals surface area contributed by atoms with Gasteiger partial charge in [-0.15, -0.1) is 0 Å². The molecular weight excluding hydrogens is 793 g/mol. The standard InChI is InChI=1S/C43H35NO6.C10H15NS/c1-48-42(46)38-14-8-13-37(25-38)36-21-19-35(20-22-36)34-17-15-31(16-18-34)27-44(30-45)39-23-24-40(43(47)50-29-33-11-6-3-7-12-33)41(26-39)49-28-32-9-4-2-5-10-32;1-4-11(3)12-10-7-5-9(2)6-8-10/h2-26,30H,27-29H2,1H3;5-8H,4H2,1-3H3. The Bertz CT molecular complexity index is 2510. The van der Waals surface area contributed by atoms with Gasteiger partial charge in [0.05, 0.1) is 19.2 Å². The van der Waals surface area contributed by atoms with Crippen LogP contribution in [0.1, 0.15) is 49.9 Å². The molecule has 0 aromatic heterocycles. The van der Waals surface area contributed by atoms with Gasteiger partial charge in [-0.25, -0.2) is 13.9 Å². The van der Waals surface area contributed by atoms with Crippen molar-refractivity contribution in [3.8, 4) is 28.0 Å². The number of esters is 2. The van der Waals surface area contributed by atoms with Crippen LogP contribution in [0.25, 0.3) is 22.3 Å². The lowest BCUT2D eigenvalue weighted by Gasteiger charge is -2.20. The number of carbonyl (C=O) groups is 3. The number of carbonyl (C=O) groups excluding carboxylic acids is 3. The highest BCUT2D eigenvalue weighted by atomic mass is 32.2. The summed E-state index contributed by atoms with van der Waals surface area (Å²) < 4.78 is 18.8. The maximum atomic E-state index is 13.2. The third-order valence-corrected chi connectivity index (χ3v) is 11.0. The monoisotopic (exact) mass is 842 g/mol. The van der Waals surface area contributed by atoms with E-state index in [1.165, 1.54) is 17.6 Å². The maximum absolute atomic E-state index is 13.2. The fourth-order valence-electron chi connectivity index (χ4n) is 6.34. The number of rotatable bonds is 16. The summed E-state index contributed by atoms with van der Waals surface area (Å²) in [5.74, 6) is -0.559. The molecule has 0 aliphatic heterocycles. The van der Waals surface area contributed by atoms with Gasteiger partial charge in [0.15, 0.2) is 0 Å². The number of hydrogen-bond acceptors (Lipinski definition) is 8. The van der Waals surface area contributed by atoms with Crippen LogP contribution < -0.4 is 9.64 Å². The van der Waals surface area contributed by atoms with E-state index in [1.54, 1.807) is 41.1 Å². The molecule has 8 nitrogen and oxygen atoms in total. The van der Waals surface area contributed by atoms with Crippen molar-refractivity contribution in [2.45, 2.75) is 38.5 Å². The van der Waals surface area contributed by atoms with Crippen molar-refractivity contribution >= 4 is 36.0 Å². The highest BCUT2D eigenvalue weighted by Crippen LogP contribution is 2.30. The Morgan fingerprint density at radius 3 is 1.81 bits per heavy atom. The normalized spacial score (nSPS) is 10.6. The van der Waals surface area contributed by atoms with Gasteiger partial charge in [0.2, 0.25) is 6.41 Å². The van der Waals surface area contributed by atoms with Crippen LogP contribution in [0.2, 0.25) is 0 Å². The van der Waals surface area contributed by atoms with Gasteiger partial charge in [0.25, 0.3) is 0 Å². The predicted octanol–water partition coefficient (Wildman–Crippen LogP) is 11.9. The summed E-state index contributed by atoms with van der Waals surface area (Å²) >= 11 is 1.79. The number of amides is 1. The second-order valence-corrected chi connectivity index (χ2v) is 15.7. The first-order chi connectivity index (χ1) is 30.2. The molecule has 62 heavy (non-hydrogen) atoms. The highest BCUT2D eigenvalue weighted by molar-refractivity contribution is 7.97. The third kappa shape index (κ3) is 12.8. The van der Waals surface area contributed by atoms with Gasteiger partial charge in [-0.2, -0.15) is 0 Å². The van der Waals surface area contributed by atoms with Crippen molar-refractivity contribution < 1.29 is 28.6 Å². The first kappa shape index (κ1) is 44.6.